The van der Waals surface area contributed by atoms with Crippen LogP contribution < -0.4 is 0 Å². The Bertz CT molecular complexity index is 470. The molecule has 0 amide bonds. The molecule has 2 aliphatic heterocycles. The van der Waals surface area contributed by atoms with Crippen LogP contribution in [0.5, 0.6) is 0 Å². The van der Waals surface area contributed by atoms with Gasteiger partial charge in [-0.25, -0.2) is 8.78 Å². The molecule has 3 rings (SSSR count). The van der Waals surface area contributed by atoms with Crippen molar-refractivity contribution in [3.05, 3.63) is 35.9 Å². The van der Waals surface area contributed by atoms with E-state index in [0.717, 1.165) is 5.56 Å². The first-order valence-electron chi connectivity index (χ1n) is 6.69. The maximum Gasteiger partial charge on any atom is 0.267 e. The van der Waals surface area contributed by atoms with Crippen LogP contribution >= 0.6 is 0 Å². The van der Waals surface area contributed by atoms with Crippen LogP contribution in [0.4, 0.5) is 8.78 Å². The molecular weight excluding hydrogens is 286 g/mol. The number of rotatable bonds is 2. The molecule has 116 valence electrons. The van der Waals surface area contributed by atoms with Crippen LogP contribution in [0.2, 0.25) is 0 Å². The third-order valence-corrected chi connectivity index (χ3v) is 3.73. The zero-order valence-corrected chi connectivity index (χ0v) is 11.0. The number of ether oxygens (including phenoxy) is 3. The predicted octanol–water partition coefficient (Wildman–Crippen LogP) is 0.855. The van der Waals surface area contributed by atoms with E-state index in [1.54, 1.807) is 12.1 Å². The molecule has 1 unspecified atom stereocenters. The lowest BCUT2D eigenvalue weighted by Crippen LogP contribution is -2.63. The Balaban J connectivity index is 1.74. The van der Waals surface area contributed by atoms with E-state index < -0.39 is 43.2 Å². The Hall–Kier alpha value is -1.12. The molecule has 7 heteroatoms. The summed E-state index contributed by atoms with van der Waals surface area (Å²) in [5, 5.41) is 19.7. The van der Waals surface area contributed by atoms with Gasteiger partial charge in [-0.3, -0.25) is 0 Å². The van der Waals surface area contributed by atoms with E-state index in [-0.39, 0.29) is 6.61 Å². The first-order chi connectivity index (χ1) is 10.1. The third kappa shape index (κ3) is 2.79. The fraction of sp³-hybridized carbons (Fsp3) is 0.571. The van der Waals surface area contributed by atoms with Crippen LogP contribution in [-0.4, -0.2) is 53.8 Å². The fourth-order valence-corrected chi connectivity index (χ4v) is 2.63. The average molecular weight is 302 g/mol. The summed E-state index contributed by atoms with van der Waals surface area (Å²) < 4.78 is 41.7. The number of hydrogen-bond acceptors (Lipinski definition) is 5. The second kappa shape index (κ2) is 5.94. The van der Waals surface area contributed by atoms with Gasteiger partial charge in [-0.2, -0.15) is 0 Å². The fourth-order valence-electron chi connectivity index (χ4n) is 2.63. The first kappa shape index (κ1) is 14.8. The molecule has 2 heterocycles. The SMILES string of the molecule is O[C@H]1[C@@H]2O[C@H](c3ccccc3)OC[C@H]2OC(C(F)F)[C@@H]1O. The van der Waals surface area contributed by atoms with E-state index >= 15 is 0 Å². The Labute approximate surface area is 120 Å². The van der Waals surface area contributed by atoms with Crippen molar-refractivity contribution >= 4 is 0 Å². The highest BCUT2D eigenvalue weighted by Gasteiger charge is 2.51. The number of benzene rings is 1. The maximum absolute atomic E-state index is 12.8. The third-order valence-electron chi connectivity index (χ3n) is 3.73. The van der Waals surface area contributed by atoms with Gasteiger partial charge in [0, 0.05) is 5.56 Å². The second-order valence-corrected chi connectivity index (χ2v) is 5.13. The Morgan fingerprint density at radius 3 is 2.43 bits per heavy atom. The monoisotopic (exact) mass is 302 g/mol. The van der Waals surface area contributed by atoms with Gasteiger partial charge in [0.05, 0.1) is 6.61 Å². The summed E-state index contributed by atoms with van der Waals surface area (Å²) in [6.45, 7) is 0.0111. The standard InChI is InChI=1S/C14H16F2O5/c15-13(16)12-10(18)9(17)11-8(20-12)6-19-14(21-11)7-4-2-1-3-5-7/h1-5,8-14,17-18H,6H2/t8-,9-,10-,11-,12?,14-/m1/s1. The van der Waals surface area contributed by atoms with E-state index in [0.29, 0.717) is 0 Å². The molecule has 2 aliphatic rings. The van der Waals surface area contributed by atoms with Gasteiger partial charge in [0.1, 0.15) is 30.5 Å². The summed E-state index contributed by atoms with van der Waals surface area (Å²) in [4.78, 5) is 0. The van der Waals surface area contributed by atoms with Gasteiger partial charge < -0.3 is 24.4 Å². The van der Waals surface area contributed by atoms with Crippen LogP contribution in [0.3, 0.4) is 0 Å². The number of aliphatic hydroxyl groups is 2. The zero-order valence-electron chi connectivity index (χ0n) is 11.0. The van der Waals surface area contributed by atoms with Gasteiger partial charge in [0.25, 0.3) is 6.43 Å². The van der Waals surface area contributed by atoms with Crippen LogP contribution in [-0.2, 0) is 14.2 Å². The topological polar surface area (TPSA) is 68.2 Å². The Kier molecular flexibility index (Phi) is 4.19. The number of aliphatic hydroxyl groups excluding tert-OH is 2. The van der Waals surface area contributed by atoms with Crippen LogP contribution in [0.15, 0.2) is 30.3 Å². The molecule has 0 radical (unpaired) electrons. The van der Waals surface area contributed by atoms with Gasteiger partial charge in [-0.1, -0.05) is 30.3 Å². The van der Waals surface area contributed by atoms with Gasteiger partial charge in [0.15, 0.2) is 6.29 Å². The molecule has 0 bridgehead atoms. The number of halogens is 2. The van der Waals surface area contributed by atoms with Crippen molar-refractivity contribution in [3.8, 4) is 0 Å². The number of alkyl halides is 2. The van der Waals surface area contributed by atoms with Crippen LogP contribution in [0.25, 0.3) is 0 Å². The van der Waals surface area contributed by atoms with Crippen molar-refractivity contribution in [3.63, 3.8) is 0 Å². The minimum Gasteiger partial charge on any atom is -0.387 e. The molecule has 1 aromatic rings. The van der Waals surface area contributed by atoms with Crippen LogP contribution in [0, 0.1) is 0 Å². The quantitative estimate of drug-likeness (QED) is 0.848. The number of fused-ring (bicyclic) bond motifs is 1. The summed E-state index contributed by atoms with van der Waals surface area (Å²) in [6, 6.07) is 9.04. The molecule has 0 saturated carbocycles. The maximum atomic E-state index is 12.8. The van der Waals surface area contributed by atoms with Gasteiger partial charge in [-0.05, 0) is 0 Å². The lowest BCUT2D eigenvalue weighted by molar-refractivity contribution is -0.337. The summed E-state index contributed by atoms with van der Waals surface area (Å²) in [7, 11) is 0. The molecule has 0 aromatic heterocycles. The smallest absolute Gasteiger partial charge is 0.267 e. The Morgan fingerprint density at radius 1 is 1.05 bits per heavy atom. The molecule has 2 saturated heterocycles. The zero-order chi connectivity index (χ0) is 15.0. The van der Waals surface area contributed by atoms with E-state index in [1.165, 1.54) is 0 Å². The van der Waals surface area contributed by atoms with Crippen LogP contribution in [0.1, 0.15) is 11.9 Å². The second-order valence-electron chi connectivity index (χ2n) is 5.13. The summed E-state index contributed by atoms with van der Waals surface area (Å²) in [5.41, 5.74) is 0.744. The molecule has 0 aliphatic carbocycles. The van der Waals surface area contributed by atoms with Crippen molar-refractivity contribution in [1.82, 2.24) is 0 Å². The van der Waals surface area contributed by atoms with Crippen molar-refractivity contribution in [1.29, 1.82) is 0 Å². The van der Waals surface area contributed by atoms with Crippen molar-refractivity contribution in [2.45, 2.75) is 43.2 Å². The summed E-state index contributed by atoms with van der Waals surface area (Å²) in [6.07, 6.45) is -10.2. The lowest BCUT2D eigenvalue weighted by Gasteiger charge is -2.46. The molecule has 1 aromatic carbocycles. The lowest BCUT2D eigenvalue weighted by atomic mass is 9.94. The first-order valence-corrected chi connectivity index (χ1v) is 6.69. The minimum atomic E-state index is -2.89. The van der Waals surface area contributed by atoms with Crippen molar-refractivity contribution < 1.29 is 33.2 Å². The predicted molar refractivity (Wildman–Crippen MR) is 66.7 cm³/mol. The van der Waals surface area contributed by atoms with E-state index in [2.05, 4.69) is 0 Å². The van der Waals surface area contributed by atoms with Crippen molar-refractivity contribution in [2.75, 3.05) is 6.61 Å². The van der Waals surface area contributed by atoms with Crippen molar-refractivity contribution in [2.24, 2.45) is 0 Å². The Morgan fingerprint density at radius 2 is 1.76 bits per heavy atom. The highest BCUT2D eigenvalue weighted by Crippen LogP contribution is 2.35. The van der Waals surface area contributed by atoms with E-state index in [9.17, 15) is 19.0 Å². The number of hydrogen-bond donors (Lipinski definition) is 2. The summed E-state index contributed by atoms with van der Waals surface area (Å²) in [5.74, 6) is 0. The normalized spacial score (nSPS) is 40.0. The molecule has 0 spiro atoms. The minimum absolute atomic E-state index is 0.0111. The average Bonchev–Trinajstić information content (AvgIpc) is 2.51. The molecular formula is C14H16F2O5. The molecule has 2 N–H and O–H groups in total. The molecule has 6 atom stereocenters. The molecule has 2 fully saturated rings. The van der Waals surface area contributed by atoms with Gasteiger partial charge in [-0.15, -0.1) is 0 Å². The summed E-state index contributed by atoms with van der Waals surface area (Å²) >= 11 is 0. The van der Waals surface area contributed by atoms with E-state index in [4.69, 9.17) is 14.2 Å². The largest absolute Gasteiger partial charge is 0.387 e. The van der Waals surface area contributed by atoms with E-state index in [1.807, 2.05) is 18.2 Å². The van der Waals surface area contributed by atoms with Gasteiger partial charge in [0.2, 0.25) is 0 Å². The highest BCUT2D eigenvalue weighted by atomic mass is 19.3. The highest BCUT2D eigenvalue weighted by molar-refractivity contribution is 5.16. The van der Waals surface area contributed by atoms with Gasteiger partial charge >= 0.3 is 0 Å². The molecule has 5 nitrogen and oxygen atoms in total. The molecule has 21 heavy (non-hydrogen) atoms.